The summed E-state index contributed by atoms with van der Waals surface area (Å²) in [6.07, 6.45) is 1.68. The zero-order chi connectivity index (χ0) is 18.7. The van der Waals surface area contributed by atoms with E-state index in [4.69, 9.17) is 16.2 Å². The SMILES string of the molecule is N=C(C(=O)O)c1cc(NCc2cccc(-c3nccs3)c2O)ccc1N. The highest BCUT2D eigenvalue weighted by Crippen LogP contribution is 2.33. The number of carboxylic acids is 1. The van der Waals surface area contributed by atoms with Gasteiger partial charge < -0.3 is 21.3 Å². The van der Waals surface area contributed by atoms with Crippen LogP contribution in [0.15, 0.2) is 48.0 Å². The minimum atomic E-state index is -1.34. The molecule has 26 heavy (non-hydrogen) atoms. The Morgan fingerprint density at radius 2 is 2.12 bits per heavy atom. The van der Waals surface area contributed by atoms with Crippen molar-refractivity contribution in [3.05, 3.63) is 59.1 Å². The number of nitrogens with zero attached hydrogens (tertiary/aromatic N) is 1. The van der Waals surface area contributed by atoms with E-state index in [1.54, 1.807) is 30.5 Å². The number of hydrogen-bond donors (Lipinski definition) is 5. The molecule has 0 aliphatic carbocycles. The number of carboxylic acid groups (broad SMARTS) is 1. The number of aromatic nitrogens is 1. The zero-order valence-electron chi connectivity index (χ0n) is 13.6. The third-order valence-electron chi connectivity index (χ3n) is 3.80. The molecule has 8 heteroatoms. The van der Waals surface area contributed by atoms with Crippen molar-refractivity contribution in [1.29, 1.82) is 5.41 Å². The van der Waals surface area contributed by atoms with Crippen molar-refractivity contribution >= 4 is 34.4 Å². The maximum atomic E-state index is 11.0. The number of phenolic OH excluding ortho intramolecular Hbond substituents is 1. The molecular weight excluding hydrogens is 352 g/mol. The Morgan fingerprint density at radius 3 is 2.81 bits per heavy atom. The summed E-state index contributed by atoms with van der Waals surface area (Å²) >= 11 is 1.44. The van der Waals surface area contributed by atoms with Gasteiger partial charge in [0.1, 0.15) is 16.5 Å². The molecule has 0 radical (unpaired) electrons. The maximum Gasteiger partial charge on any atom is 0.354 e. The molecule has 0 spiro atoms. The second-order valence-electron chi connectivity index (χ2n) is 5.49. The van der Waals surface area contributed by atoms with Gasteiger partial charge in [-0.05, 0) is 24.3 Å². The highest BCUT2D eigenvalue weighted by atomic mass is 32.1. The molecule has 2 aromatic carbocycles. The smallest absolute Gasteiger partial charge is 0.354 e. The molecule has 1 aromatic heterocycles. The number of phenols is 1. The first-order chi connectivity index (χ1) is 12.5. The molecule has 7 nitrogen and oxygen atoms in total. The molecule has 0 saturated carbocycles. The number of rotatable bonds is 6. The second-order valence-corrected chi connectivity index (χ2v) is 6.38. The van der Waals surface area contributed by atoms with Crippen molar-refractivity contribution in [2.45, 2.75) is 6.54 Å². The van der Waals surface area contributed by atoms with E-state index in [1.807, 2.05) is 11.4 Å². The van der Waals surface area contributed by atoms with Crippen molar-refractivity contribution in [1.82, 2.24) is 4.98 Å². The van der Waals surface area contributed by atoms with Gasteiger partial charge in [-0.2, -0.15) is 0 Å². The monoisotopic (exact) mass is 368 g/mol. The van der Waals surface area contributed by atoms with Crippen LogP contribution in [0.5, 0.6) is 5.75 Å². The Labute approximate surface area is 153 Å². The first kappa shape index (κ1) is 17.4. The van der Waals surface area contributed by atoms with Gasteiger partial charge in [-0.3, -0.25) is 5.41 Å². The van der Waals surface area contributed by atoms with Crippen LogP contribution in [0.1, 0.15) is 11.1 Å². The minimum Gasteiger partial charge on any atom is -0.507 e. The number of aromatic hydroxyl groups is 1. The Balaban J connectivity index is 1.82. The largest absolute Gasteiger partial charge is 0.507 e. The summed E-state index contributed by atoms with van der Waals surface area (Å²) in [6.45, 7) is 0.314. The number of thiazole rings is 1. The van der Waals surface area contributed by atoms with Gasteiger partial charge in [-0.15, -0.1) is 11.3 Å². The van der Waals surface area contributed by atoms with Crippen molar-refractivity contribution in [2.75, 3.05) is 11.1 Å². The van der Waals surface area contributed by atoms with E-state index in [0.717, 1.165) is 5.01 Å². The van der Waals surface area contributed by atoms with Gasteiger partial charge in [0.2, 0.25) is 0 Å². The summed E-state index contributed by atoms with van der Waals surface area (Å²) in [5.74, 6) is -1.20. The number of hydrogen-bond acceptors (Lipinski definition) is 7. The van der Waals surface area contributed by atoms with Gasteiger partial charge in [0.15, 0.2) is 0 Å². The number of nitrogens with one attached hydrogen (secondary N) is 2. The molecule has 6 N–H and O–H groups in total. The first-order valence-electron chi connectivity index (χ1n) is 7.63. The zero-order valence-corrected chi connectivity index (χ0v) is 14.4. The van der Waals surface area contributed by atoms with Crippen LogP contribution in [-0.2, 0) is 11.3 Å². The van der Waals surface area contributed by atoms with Crippen LogP contribution in [0.25, 0.3) is 10.6 Å². The van der Waals surface area contributed by atoms with Crippen molar-refractivity contribution in [3.63, 3.8) is 0 Å². The molecule has 0 bridgehead atoms. The Kier molecular flexibility index (Phi) is 4.85. The van der Waals surface area contributed by atoms with Gasteiger partial charge in [0.25, 0.3) is 0 Å². The number of para-hydroxylation sites is 1. The summed E-state index contributed by atoms with van der Waals surface area (Å²) in [4.78, 5) is 15.2. The fraction of sp³-hybridized carbons (Fsp3) is 0.0556. The third-order valence-corrected chi connectivity index (χ3v) is 4.61. The molecule has 1 heterocycles. The van der Waals surface area contributed by atoms with Crippen LogP contribution >= 0.6 is 11.3 Å². The van der Waals surface area contributed by atoms with E-state index >= 15 is 0 Å². The summed E-state index contributed by atoms with van der Waals surface area (Å²) < 4.78 is 0. The highest BCUT2D eigenvalue weighted by molar-refractivity contribution is 7.13. The van der Waals surface area contributed by atoms with E-state index in [0.29, 0.717) is 23.4 Å². The van der Waals surface area contributed by atoms with Gasteiger partial charge >= 0.3 is 5.97 Å². The Bertz CT molecular complexity index is 971. The van der Waals surface area contributed by atoms with Crippen molar-refractivity contribution < 1.29 is 15.0 Å². The lowest BCUT2D eigenvalue weighted by Gasteiger charge is -2.12. The molecule has 0 fully saturated rings. The standard InChI is InChI=1S/C18H16N4O3S/c19-14-5-4-11(8-13(14)15(20)18(24)25)22-9-10-2-1-3-12(16(10)23)17-21-6-7-26-17/h1-8,20,22-23H,9,19H2,(H,24,25). The normalized spacial score (nSPS) is 10.5. The summed E-state index contributed by atoms with van der Waals surface area (Å²) in [6, 6.07) is 10.2. The summed E-state index contributed by atoms with van der Waals surface area (Å²) in [5.41, 5.74) is 7.47. The molecule has 0 atom stereocenters. The predicted octanol–water partition coefficient (Wildman–Crippen LogP) is 3.16. The number of nitrogens with two attached hydrogens (primary N) is 1. The number of anilines is 2. The molecule has 3 aromatic rings. The number of carbonyl (C=O) groups is 1. The fourth-order valence-electron chi connectivity index (χ4n) is 2.46. The van der Waals surface area contributed by atoms with E-state index < -0.39 is 11.7 Å². The number of benzene rings is 2. The number of aliphatic carboxylic acids is 1. The molecule has 0 amide bonds. The van der Waals surface area contributed by atoms with Crippen molar-refractivity contribution in [2.24, 2.45) is 0 Å². The molecule has 132 valence electrons. The Hall–Kier alpha value is -3.39. The van der Waals surface area contributed by atoms with Gasteiger partial charge in [-0.25, -0.2) is 9.78 Å². The first-order valence-corrected chi connectivity index (χ1v) is 8.51. The highest BCUT2D eigenvalue weighted by Gasteiger charge is 2.14. The van der Waals surface area contributed by atoms with Crippen LogP contribution in [0.3, 0.4) is 0 Å². The van der Waals surface area contributed by atoms with Crippen LogP contribution in [0.4, 0.5) is 11.4 Å². The molecule has 0 unspecified atom stereocenters. The average molecular weight is 368 g/mol. The van der Waals surface area contributed by atoms with Crippen molar-refractivity contribution in [3.8, 4) is 16.3 Å². The third kappa shape index (κ3) is 3.50. The topological polar surface area (TPSA) is 132 Å². The van der Waals surface area contributed by atoms with Gasteiger partial charge in [0.05, 0.1) is 5.56 Å². The molecule has 0 aliphatic rings. The lowest BCUT2D eigenvalue weighted by molar-refractivity contribution is -0.129. The quantitative estimate of drug-likeness (QED) is 0.335. The predicted molar refractivity (Wildman–Crippen MR) is 102 cm³/mol. The van der Waals surface area contributed by atoms with E-state index in [1.165, 1.54) is 17.4 Å². The average Bonchev–Trinajstić information content (AvgIpc) is 3.15. The second kappa shape index (κ2) is 7.24. The Morgan fingerprint density at radius 1 is 1.31 bits per heavy atom. The maximum absolute atomic E-state index is 11.0. The lowest BCUT2D eigenvalue weighted by atomic mass is 10.1. The molecule has 0 saturated heterocycles. The van der Waals surface area contributed by atoms with Gasteiger partial charge in [0, 0.05) is 40.6 Å². The molecular formula is C18H16N4O3S. The fourth-order valence-corrected chi connectivity index (χ4v) is 3.12. The van der Waals surface area contributed by atoms with E-state index in [9.17, 15) is 9.90 Å². The van der Waals surface area contributed by atoms with Crippen LogP contribution in [-0.4, -0.2) is 26.9 Å². The minimum absolute atomic E-state index is 0.142. The van der Waals surface area contributed by atoms with E-state index in [-0.39, 0.29) is 17.0 Å². The van der Waals surface area contributed by atoms with Crippen LogP contribution in [0.2, 0.25) is 0 Å². The van der Waals surface area contributed by atoms with Gasteiger partial charge in [-0.1, -0.05) is 12.1 Å². The molecule has 3 rings (SSSR count). The summed E-state index contributed by atoms with van der Waals surface area (Å²) in [7, 11) is 0. The molecule has 0 aliphatic heterocycles. The lowest BCUT2D eigenvalue weighted by Crippen LogP contribution is -2.15. The van der Waals surface area contributed by atoms with Crippen LogP contribution in [0, 0.1) is 5.41 Å². The summed E-state index contributed by atoms with van der Waals surface area (Å²) in [5, 5.41) is 32.8. The van der Waals surface area contributed by atoms with Crippen LogP contribution < -0.4 is 11.1 Å². The number of nitrogen functional groups attached to an aromatic ring is 1. The van der Waals surface area contributed by atoms with E-state index in [2.05, 4.69) is 10.3 Å².